The van der Waals surface area contributed by atoms with E-state index in [2.05, 4.69) is 13.0 Å². The molecule has 0 spiro atoms. The van der Waals surface area contributed by atoms with Crippen LogP contribution in [-0.4, -0.2) is 58.0 Å². The van der Waals surface area contributed by atoms with E-state index in [0.29, 0.717) is 46.2 Å². The van der Waals surface area contributed by atoms with Gasteiger partial charge in [-0.25, -0.2) is 0 Å². The molecule has 0 atom stereocenters. The summed E-state index contributed by atoms with van der Waals surface area (Å²) < 4.78 is 21.5. The summed E-state index contributed by atoms with van der Waals surface area (Å²) in [5.41, 5.74) is 1.21. The molecule has 0 heterocycles. The molecule has 1 aromatic carbocycles. The van der Waals surface area contributed by atoms with Gasteiger partial charge in [-0.3, -0.25) is 0 Å². The van der Waals surface area contributed by atoms with E-state index in [-0.39, 0.29) is 6.61 Å². The van der Waals surface area contributed by atoms with Gasteiger partial charge in [0.1, 0.15) is 12.4 Å². The third kappa shape index (κ3) is 8.67. The van der Waals surface area contributed by atoms with E-state index < -0.39 is 0 Å². The topological polar surface area (TPSA) is 57.2 Å². The van der Waals surface area contributed by atoms with Gasteiger partial charge in [-0.1, -0.05) is 25.1 Å². The van der Waals surface area contributed by atoms with Crippen LogP contribution in [0.4, 0.5) is 0 Å². The molecule has 0 fully saturated rings. The quantitative estimate of drug-likeness (QED) is 0.561. The summed E-state index contributed by atoms with van der Waals surface area (Å²) in [7, 11) is 0. The Kier molecular flexibility index (Phi) is 10.7. The van der Waals surface area contributed by atoms with Gasteiger partial charge < -0.3 is 24.1 Å². The molecule has 0 amide bonds. The van der Waals surface area contributed by atoms with Gasteiger partial charge in [0.2, 0.25) is 0 Å². The van der Waals surface area contributed by atoms with E-state index in [9.17, 15) is 0 Å². The first-order valence-corrected chi connectivity index (χ1v) is 7.43. The lowest BCUT2D eigenvalue weighted by molar-refractivity contribution is 0.00357. The molecule has 0 saturated carbocycles. The Morgan fingerprint density at radius 3 is 2.00 bits per heavy atom. The van der Waals surface area contributed by atoms with E-state index in [1.165, 1.54) is 5.56 Å². The summed E-state index contributed by atoms with van der Waals surface area (Å²) in [6, 6.07) is 8.04. The van der Waals surface area contributed by atoms with Gasteiger partial charge in [0.05, 0.1) is 46.2 Å². The van der Waals surface area contributed by atoms with Crippen LogP contribution in [0.5, 0.6) is 5.75 Å². The number of benzene rings is 1. The zero-order valence-corrected chi connectivity index (χ0v) is 12.8. The van der Waals surface area contributed by atoms with Crippen LogP contribution < -0.4 is 4.74 Å². The van der Waals surface area contributed by atoms with Crippen LogP contribution in [-0.2, 0) is 20.6 Å². The van der Waals surface area contributed by atoms with E-state index >= 15 is 0 Å². The SMILES string of the molecule is CCc1ccccc1OCCOCCOCCOCCO. The van der Waals surface area contributed by atoms with Crippen LogP contribution in [0, 0.1) is 0 Å². The maximum atomic E-state index is 8.51. The van der Waals surface area contributed by atoms with Crippen molar-refractivity contribution in [3.8, 4) is 5.75 Å². The van der Waals surface area contributed by atoms with Crippen molar-refractivity contribution in [1.82, 2.24) is 0 Å². The van der Waals surface area contributed by atoms with Crippen molar-refractivity contribution >= 4 is 0 Å². The Balaban J connectivity index is 1.93. The molecule has 0 unspecified atom stereocenters. The highest BCUT2D eigenvalue weighted by Gasteiger charge is 2.00. The number of aliphatic hydroxyl groups excluding tert-OH is 1. The molecule has 1 N–H and O–H groups in total. The fourth-order valence-electron chi connectivity index (χ4n) is 1.75. The first-order chi connectivity index (χ1) is 10.4. The van der Waals surface area contributed by atoms with Crippen LogP contribution in [0.25, 0.3) is 0 Å². The number of rotatable bonds is 13. The molecule has 120 valence electrons. The van der Waals surface area contributed by atoms with Gasteiger partial charge in [-0.05, 0) is 18.1 Å². The van der Waals surface area contributed by atoms with Gasteiger partial charge in [0.25, 0.3) is 0 Å². The molecule has 21 heavy (non-hydrogen) atoms. The largest absolute Gasteiger partial charge is 0.491 e. The number of ether oxygens (including phenoxy) is 4. The highest BCUT2D eigenvalue weighted by atomic mass is 16.6. The van der Waals surface area contributed by atoms with Gasteiger partial charge in [0, 0.05) is 0 Å². The van der Waals surface area contributed by atoms with Gasteiger partial charge >= 0.3 is 0 Å². The number of para-hydroxylation sites is 1. The molecule has 1 rings (SSSR count). The van der Waals surface area contributed by atoms with E-state index in [0.717, 1.165) is 12.2 Å². The molecule has 0 aliphatic carbocycles. The minimum atomic E-state index is 0.0459. The Bertz CT molecular complexity index is 356. The third-order valence-corrected chi connectivity index (χ3v) is 2.82. The van der Waals surface area contributed by atoms with Crippen LogP contribution in [0.1, 0.15) is 12.5 Å². The van der Waals surface area contributed by atoms with Gasteiger partial charge in [-0.15, -0.1) is 0 Å². The Morgan fingerprint density at radius 1 is 0.810 bits per heavy atom. The standard InChI is InChI=1S/C16H26O5/c1-2-15-5-3-4-6-16(15)21-14-13-20-12-11-19-10-9-18-8-7-17/h3-6,17H,2,7-14H2,1H3. The molecule has 0 aliphatic heterocycles. The lowest BCUT2D eigenvalue weighted by Crippen LogP contribution is -2.13. The Hall–Kier alpha value is -1.14. The predicted octanol–water partition coefficient (Wildman–Crippen LogP) is 1.67. The molecule has 0 aromatic heterocycles. The lowest BCUT2D eigenvalue weighted by Gasteiger charge is -2.10. The molecular formula is C16H26O5. The number of hydrogen-bond acceptors (Lipinski definition) is 5. The molecular weight excluding hydrogens is 272 g/mol. The lowest BCUT2D eigenvalue weighted by atomic mass is 10.1. The van der Waals surface area contributed by atoms with Gasteiger partial charge in [0.15, 0.2) is 0 Å². The molecule has 0 aliphatic rings. The average Bonchev–Trinajstić information content (AvgIpc) is 2.53. The van der Waals surface area contributed by atoms with Crippen molar-refractivity contribution in [1.29, 1.82) is 0 Å². The molecule has 5 heteroatoms. The summed E-state index contributed by atoms with van der Waals surface area (Å²) in [5.74, 6) is 0.931. The Morgan fingerprint density at radius 2 is 1.38 bits per heavy atom. The fraction of sp³-hybridized carbons (Fsp3) is 0.625. The van der Waals surface area contributed by atoms with Crippen LogP contribution in [0.3, 0.4) is 0 Å². The first kappa shape index (κ1) is 17.9. The summed E-state index contributed by atoms with van der Waals surface area (Å²) in [6.07, 6.45) is 0.962. The number of hydrogen-bond donors (Lipinski definition) is 1. The zero-order valence-electron chi connectivity index (χ0n) is 12.8. The summed E-state index contributed by atoms with van der Waals surface area (Å²) in [5, 5.41) is 8.51. The second-order valence-corrected chi connectivity index (χ2v) is 4.37. The molecule has 0 bridgehead atoms. The van der Waals surface area contributed by atoms with Crippen molar-refractivity contribution < 1.29 is 24.1 Å². The molecule has 1 aromatic rings. The number of aryl methyl sites for hydroxylation is 1. The monoisotopic (exact) mass is 298 g/mol. The van der Waals surface area contributed by atoms with E-state index in [4.69, 9.17) is 24.1 Å². The minimum absolute atomic E-state index is 0.0459. The van der Waals surface area contributed by atoms with Crippen molar-refractivity contribution in [2.75, 3.05) is 52.9 Å². The smallest absolute Gasteiger partial charge is 0.122 e. The third-order valence-electron chi connectivity index (χ3n) is 2.82. The van der Waals surface area contributed by atoms with Crippen molar-refractivity contribution in [3.63, 3.8) is 0 Å². The van der Waals surface area contributed by atoms with Crippen LogP contribution >= 0.6 is 0 Å². The average molecular weight is 298 g/mol. The highest BCUT2D eigenvalue weighted by molar-refractivity contribution is 5.33. The zero-order chi connectivity index (χ0) is 15.2. The normalized spacial score (nSPS) is 10.8. The Labute approximate surface area is 126 Å². The van der Waals surface area contributed by atoms with E-state index in [1.54, 1.807) is 0 Å². The maximum absolute atomic E-state index is 8.51. The second kappa shape index (κ2) is 12.6. The van der Waals surface area contributed by atoms with Crippen LogP contribution in [0.15, 0.2) is 24.3 Å². The summed E-state index contributed by atoms with van der Waals surface area (Å²) in [6.45, 7) is 5.69. The maximum Gasteiger partial charge on any atom is 0.122 e. The highest BCUT2D eigenvalue weighted by Crippen LogP contribution is 2.17. The second-order valence-electron chi connectivity index (χ2n) is 4.37. The van der Waals surface area contributed by atoms with Crippen LogP contribution in [0.2, 0.25) is 0 Å². The summed E-state index contributed by atoms with van der Waals surface area (Å²) in [4.78, 5) is 0. The molecule has 0 saturated heterocycles. The first-order valence-electron chi connectivity index (χ1n) is 7.43. The van der Waals surface area contributed by atoms with E-state index in [1.807, 2.05) is 18.2 Å². The van der Waals surface area contributed by atoms with Crippen molar-refractivity contribution in [2.24, 2.45) is 0 Å². The number of aliphatic hydroxyl groups is 1. The summed E-state index contributed by atoms with van der Waals surface area (Å²) >= 11 is 0. The predicted molar refractivity (Wildman–Crippen MR) is 80.9 cm³/mol. The molecule has 0 radical (unpaired) electrons. The fourth-order valence-corrected chi connectivity index (χ4v) is 1.75. The van der Waals surface area contributed by atoms with Gasteiger partial charge in [-0.2, -0.15) is 0 Å². The molecule has 5 nitrogen and oxygen atoms in total. The van der Waals surface area contributed by atoms with Crippen molar-refractivity contribution in [2.45, 2.75) is 13.3 Å². The minimum Gasteiger partial charge on any atom is -0.491 e. The van der Waals surface area contributed by atoms with Crippen molar-refractivity contribution in [3.05, 3.63) is 29.8 Å².